The van der Waals surface area contributed by atoms with Crippen molar-refractivity contribution >= 4 is 19.2 Å². The van der Waals surface area contributed by atoms with Gasteiger partial charge < -0.3 is 5.32 Å². The van der Waals surface area contributed by atoms with Crippen molar-refractivity contribution in [2.75, 3.05) is 5.32 Å². The number of nitrogens with one attached hydrogen (secondary N) is 1. The quantitative estimate of drug-likeness (QED) is 0.305. The molecule has 1 fully saturated rings. The van der Waals surface area contributed by atoms with Gasteiger partial charge in [-0.1, -0.05) is 118 Å². The molecule has 172 valence electrons. The van der Waals surface area contributed by atoms with Crippen molar-refractivity contribution in [3.63, 3.8) is 0 Å². The van der Waals surface area contributed by atoms with Gasteiger partial charge in [0.25, 0.3) is 0 Å². The highest BCUT2D eigenvalue weighted by molar-refractivity contribution is 6.16. The molecule has 2 aliphatic carbocycles. The Morgan fingerprint density at radius 1 is 0.629 bits per heavy atom. The molecule has 0 amide bonds. The van der Waals surface area contributed by atoms with Crippen molar-refractivity contribution in [3.8, 4) is 22.3 Å². The molecule has 4 aromatic rings. The normalized spacial score (nSPS) is 17.4. The lowest BCUT2D eigenvalue weighted by Gasteiger charge is -2.34. The third-order valence-corrected chi connectivity index (χ3v) is 8.30. The Morgan fingerprint density at radius 2 is 1.23 bits per heavy atom. The molecule has 0 saturated heterocycles. The molecule has 0 aromatic heterocycles. The predicted molar refractivity (Wildman–Crippen MR) is 150 cm³/mol. The van der Waals surface area contributed by atoms with E-state index in [-0.39, 0.29) is 10.7 Å². The Labute approximate surface area is 211 Å². The third-order valence-electron chi connectivity index (χ3n) is 8.30. The van der Waals surface area contributed by atoms with E-state index in [2.05, 4.69) is 110 Å². The van der Waals surface area contributed by atoms with E-state index in [1.54, 1.807) is 0 Å². The Hall–Kier alpha value is -3.26. The fourth-order valence-corrected chi connectivity index (χ4v) is 6.16. The number of rotatable bonds is 4. The number of hydrogen-bond donors (Lipinski definition) is 1. The van der Waals surface area contributed by atoms with Gasteiger partial charge in [-0.3, -0.25) is 0 Å². The van der Waals surface area contributed by atoms with Gasteiger partial charge in [-0.25, -0.2) is 0 Å². The topological polar surface area (TPSA) is 12.0 Å². The standard InChI is InChI=1S/C33H32BN/c1-32(2)30-9-5-4-8-28(30)29-19-18-27(22-31(29)32)35-26-16-12-24(13-17-26)23-10-14-25(15-11-23)33(34)20-6-3-7-21-33/h4-5,8-19,22,35H,3,6-7,20-21H2,1-2H3. The van der Waals surface area contributed by atoms with Crippen molar-refractivity contribution in [3.05, 3.63) is 108 Å². The number of anilines is 2. The van der Waals surface area contributed by atoms with E-state index >= 15 is 0 Å². The number of benzene rings is 4. The van der Waals surface area contributed by atoms with E-state index < -0.39 is 0 Å². The first kappa shape index (κ1) is 22.2. The van der Waals surface area contributed by atoms with Gasteiger partial charge in [-0.05, 0) is 63.0 Å². The van der Waals surface area contributed by atoms with E-state index in [0.717, 1.165) is 24.2 Å². The summed E-state index contributed by atoms with van der Waals surface area (Å²) in [5.74, 6) is 0. The molecular formula is C33H32BN. The smallest absolute Gasteiger partial charge is 0.0810 e. The molecule has 2 heteroatoms. The van der Waals surface area contributed by atoms with Gasteiger partial charge in [-0.15, -0.1) is 0 Å². The average Bonchev–Trinajstić information content (AvgIpc) is 3.12. The van der Waals surface area contributed by atoms with Crippen molar-refractivity contribution < 1.29 is 0 Å². The highest BCUT2D eigenvalue weighted by Crippen LogP contribution is 2.49. The second kappa shape index (κ2) is 8.45. The van der Waals surface area contributed by atoms with Gasteiger partial charge in [0.2, 0.25) is 0 Å². The fourth-order valence-electron chi connectivity index (χ4n) is 6.16. The third kappa shape index (κ3) is 3.90. The first-order valence-electron chi connectivity index (χ1n) is 13.0. The molecular weight excluding hydrogens is 421 g/mol. The van der Waals surface area contributed by atoms with Crippen LogP contribution >= 0.6 is 0 Å². The SMILES string of the molecule is [B]C1(c2ccc(-c3ccc(Nc4ccc5c(c4)C(C)(C)c4ccccc4-5)cc3)cc2)CCCCC1. The Balaban J connectivity index is 1.20. The number of hydrogen-bond acceptors (Lipinski definition) is 1. The van der Waals surface area contributed by atoms with Crippen LogP contribution in [0.3, 0.4) is 0 Å². The van der Waals surface area contributed by atoms with Crippen LogP contribution < -0.4 is 5.32 Å². The second-order valence-corrected chi connectivity index (χ2v) is 10.9. The van der Waals surface area contributed by atoms with Gasteiger partial charge >= 0.3 is 0 Å². The van der Waals surface area contributed by atoms with Crippen molar-refractivity contribution in [2.45, 2.75) is 56.7 Å². The summed E-state index contributed by atoms with van der Waals surface area (Å²) in [6, 6.07) is 33.2. The van der Waals surface area contributed by atoms with Crippen molar-refractivity contribution in [2.24, 2.45) is 0 Å². The van der Waals surface area contributed by atoms with Crippen LogP contribution in [0.1, 0.15) is 62.6 Å². The first-order chi connectivity index (χ1) is 16.9. The molecule has 0 aliphatic heterocycles. The molecule has 0 heterocycles. The summed E-state index contributed by atoms with van der Waals surface area (Å²) in [5.41, 5.74) is 11.5. The first-order valence-corrected chi connectivity index (χ1v) is 13.0. The van der Waals surface area contributed by atoms with Crippen LogP contribution in [0.4, 0.5) is 11.4 Å². The maximum atomic E-state index is 6.73. The van der Waals surface area contributed by atoms with E-state index in [1.165, 1.54) is 58.2 Å². The van der Waals surface area contributed by atoms with Crippen LogP contribution in [-0.2, 0) is 10.7 Å². The molecule has 1 nitrogen and oxygen atoms in total. The molecule has 1 N–H and O–H groups in total. The zero-order valence-corrected chi connectivity index (χ0v) is 20.8. The van der Waals surface area contributed by atoms with Crippen LogP contribution in [-0.4, -0.2) is 7.85 Å². The zero-order valence-electron chi connectivity index (χ0n) is 20.8. The molecule has 2 radical (unpaired) electrons. The summed E-state index contributed by atoms with van der Waals surface area (Å²) in [7, 11) is 6.73. The zero-order chi connectivity index (χ0) is 24.0. The van der Waals surface area contributed by atoms with Crippen LogP contribution in [0.15, 0.2) is 91.0 Å². The summed E-state index contributed by atoms with van der Waals surface area (Å²) >= 11 is 0. The van der Waals surface area contributed by atoms with E-state index in [0.29, 0.717) is 0 Å². The lowest BCUT2D eigenvalue weighted by Crippen LogP contribution is -2.29. The predicted octanol–water partition coefficient (Wildman–Crippen LogP) is 8.73. The summed E-state index contributed by atoms with van der Waals surface area (Å²) in [6.07, 6.45) is 5.98. The molecule has 0 bridgehead atoms. The fraction of sp³-hybridized carbons (Fsp3) is 0.273. The minimum absolute atomic E-state index is 0.0133. The molecule has 0 unspecified atom stereocenters. The Kier molecular flexibility index (Phi) is 5.36. The molecule has 0 spiro atoms. The van der Waals surface area contributed by atoms with E-state index in [4.69, 9.17) is 7.85 Å². The summed E-state index contributed by atoms with van der Waals surface area (Å²) in [4.78, 5) is 0. The summed E-state index contributed by atoms with van der Waals surface area (Å²) in [5, 5.41) is 3.47. The highest BCUT2D eigenvalue weighted by Gasteiger charge is 2.35. The maximum absolute atomic E-state index is 6.73. The molecule has 2 aliphatic rings. The van der Waals surface area contributed by atoms with Crippen LogP contribution in [0.5, 0.6) is 0 Å². The van der Waals surface area contributed by atoms with Crippen LogP contribution in [0.25, 0.3) is 22.3 Å². The van der Waals surface area contributed by atoms with Gasteiger partial charge in [0.15, 0.2) is 0 Å². The molecule has 35 heavy (non-hydrogen) atoms. The van der Waals surface area contributed by atoms with Crippen LogP contribution in [0.2, 0.25) is 0 Å². The Bertz CT molecular complexity index is 1360. The summed E-state index contributed by atoms with van der Waals surface area (Å²) in [6.45, 7) is 4.64. The van der Waals surface area contributed by atoms with Gasteiger partial charge in [-0.2, -0.15) is 0 Å². The van der Waals surface area contributed by atoms with Gasteiger partial charge in [0.1, 0.15) is 0 Å². The number of fused-ring (bicyclic) bond motifs is 3. The molecule has 1 saturated carbocycles. The Morgan fingerprint density at radius 3 is 1.94 bits per heavy atom. The van der Waals surface area contributed by atoms with Crippen molar-refractivity contribution in [1.82, 2.24) is 0 Å². The molecule has 4 aromatic carbocycles. The minimum Gasteiger partial charge on any atom is -0.356 e. The van der Waals surface area contributed by atoms with Gasteiger partial charge in [0, 0.05) is 16.8 Å². The largest absolute Gasteiger partial charge is 0.356 e. The monoisotopic (exact) mass is 453 g/mol. The summed E-state index contributed by atoms with van der Waals surface area (Å²) < 4.78 is 0. The van der Waals surface area contributed by atoms with Crippen molar-refractivity contribution in [1.29, 1.82) is 0 Å². The molecule has 6 rings (SSSR count). The second-order valence-electron chi connectivity index (χ2n) is 10.9. The molecule has 0 atom stereocenters. The average molecular weight is 453 g/mol. The van der Waals surface area contributed by atoms with E-state index in [9.17, 15) is 0 Å². The lowest BCUT2D eigenvalue weighted by atomic mass is 9.57. The lowest BCUT2D eigenvalue weighted by molar-refractivity contribution is 0.398. The van der Waals surface area contributed by atoms with E-state index in [1.807, 2.05) is 0 Å². The maximum Gasteiger partial charge on any atom is 0.0810 e. The highest BCUT2D eigenvalue weighted by atomic mass is 14.9. The minimum atomic E-state index is -0.143. The van der Waals surface area contributed by atoms with Crippen LogP contribution in [0, 0.1) is 0 Å². The van der Waals surface area contributed by atoms with Gasteiger partial charge in [0.05, 0.1) is 7.85 Å².